The van der Waals surface area contributed by atoms with Crippen molar-refractivity contribution in [1.82, 2.24) is 4.90 Å². The van der Waals surface area contributed by atoms with Crippen LogP contribution < -0.4 is 0 Å². The fraction of sp³-hybridized carbons (Fsp3) is 1.00. The van der Waals surface area contributed by atoms with E-state index >= 15 is 0 Å². The molecule has 0 aromatic rings. The molecule has 2 atom stereocenters. The number of hydrogen-bond donors (Lipinski definition) is 1. The van der Waals surface area contributed by atoms with Crippen LogP contribution in [-0.4, -0.2) is 31.6 Å². The van der Waals surface area contributed by atoms with Crippen LogP contribution in [0.1, 0.15) is 6.42 Å². The summed E-state index contributed by atoms with van der Waals surface area (Å²) >= 11 is 3.69. The Kier molecular flexibility index (Phi) is 2.38. The highest BCUT2D eigenvalue weighted by molar-refractivity contribution is 7.75. The predicted molar refractivity (Wildman–Crippen MR) is 40.5 cm³/mol. The lowest BCUT2D eigenvalue weighted by Gasteiger charge is -2.06. The fourth-order valence-corrected chi connectivity index (χ4v) is 1.33. The predicted octanol–water partition coefficient (Wildman–Crippen LogP) is 0.798. The molecule has 0 amide bonds. The molecule has 2 unspecified atom stereocenters. The SMILES string of the molecule is CN(C)C1CC1COS. The number of nitrogens with zero attached hydrogens (tertiary/aromatic N) is 1. The van der Waals surface area contributed by atoms with Gasteiger partial charge in [-0.15, -0.1) is 0 Å². The molecule has 1 aliphatic rings. The topological polar surface area (TPSA) is 12.5 Å². The molecule has 0 aromatic heterocycles. The molecule has 0 spiro atoms. The van der Waals surface area contributed by atoms with E-state index in [4.69, 9.17) is 4.18 Å². The van der Waals surface area contributed by atoms with E-state index in [1.807, 2.05) is 0 Å². The minimum absolute atomic E-state index is 0.734. The molecule has 0 aromatic carbocycles. The summed E-state index contributed by atoms with van der Waals surface area (Å²) in [7, 11) is 4.20. The molecule has 3 heteroatoms. The molecule has 1 saturated carbocycles. The third-order valence-corrected chi connectivity index (χ3v) is 1.99. The summed E-state index contributed by atoms with van der Waals surface area (Å²) in [6.45, 7) is 0.798. The summed E-state index contributed by atoms with van der Waals surface area (Å²) in [6.07, 6.45) is 1.27. The second kappa shape index (κ2) is 2.90. The Morgan fingerprint density at radius 1 is 1.67 bits per heavy atom. The smallest absolute Gasteiger partial charge is 0.0654 e. The van der Waals surface area contributed by atoms with Gasteiger partial charge in [-0.3, -0.25) is 0 Å². The molecule has 0 radical (unpaired) electrons. The van der Waals surface area contributed by atoms with Crippen LogP contribution in [0.5, 0.6) is 0 Å². The lowest BCUT2D eigenvalue weighted by molar-refractivity contribution is 0.310. The van der Waals surface area contributed by atoms with Crippen molar-refractivity contribution in [2.75, 3.05) is 20.7 Å². The highest BCUT2D eigenvalue weighted by Crippen LogP contribution is 2.34. The van der Waals surface area contributed by atoms with Crippen molar-refractivity contribution < 1.29 is 4.18 Å². The highest BCUT2D eigenvalue weighted by atomic mass is 32.1. The first-order valence-corrected chi connectivity index (χ1v) is 3.55. The zero-order chi connectivity index (χ0) is 6.85. The Balaban J connectivity index is 2.09. The second-order valence-electron chi connectivity index (χ2n) is 2.82. The molecule has 0 aliphatic heterocycles. The van der Waals surface area contributed by atoms with Crippen molar-refractivity contribution in [3.8, 4) is 0 Å². The Bertz CT molecular complexity index is 97.1. The van der Waals surface area contributed by atoms with Crippen LogP contribution in [0.15, 0.2) is 0 Å². The quantitative estimate of drug-likeness (QED) is 0.468. The minimum Gasteiger partial charge on any atom is -0.318 e. The average molecular weight is 147 g/mol. The molecule has 1 aliphatic carbocycles. The minimum atomic E-state index is 0.734. The van der Waals surface area contributed by atoms with Gasteiger partial charge in [0.15, 0.2) is 0 Å². The molecule has 0 saturated heterocycles. The maximum atomic E-state index is 4.71. The van der Waals surface area contributed by atoms with Gasteiger partial charge in [-0.1, -0.05) is 0 Å². The zero-order valence-electron chi connectivity index (χ0n) is 5.87. The maximum absolute atomic E-state index is 4.71. The number of hydrogen-bond acceptors (Lipinski definition) is 3. The monoisotopic (exact) mass is 147 g/mol. The van der Waals surface area contributed by atoms with Crippen molar-refractivity contribution in [3.63, 3.8) is 0 Å². The summed E-state index contributed by atoms with van der Waals surface area (Å²) in [5.41, 5.74) is 0. The normalized spacial score (nSPS) is 33.3. The Morgan fingerprint density at radius 3 is 2.67 bits per heavy atom. The fourth-order valence-electron chi connectivity index (χ4n) is 1.14. The van der Waals surface area contributed by atoms with Gasteiger partial charge in [-0.2, -0.15) is 0 Å². The van der Waals surface area contributed by atoms with Crippen molar-refractivity contribution in [2.45, 2.75) is 12.5 Å². The molecule has 1 fully saturated rings. The largest absolute Gasteiger partial charge is 0.318 e. The number of rotatable bonds is 3. The first kappa shape index (κ1) is 7.38. The van der Waals surface area contributed by atoms with E-state index in [2.05, 4.69) is 31.9 Å². The molecule has 0 heterocycles. The summed E-state index contributed by atoms with van der Waals surface area (Å²) in [6, 6.07) is 0.747. The van der Waals surface area contributed by atoms with Gasteiger partial charge in [-0.05, 0) is 33.4 Å². The van der Waals surface area contributed by atoms with Crippen molar-refractivity contribution in [1.29, 1.82) is 0 Å². The first-order valence-electron chi connectivity index (χ1n) is 3.18. The Labute approximate surface area is 61.8 Å². The van der Waals surface area contributed by atoms with Gasteiger partial charge < -0.3 is 9.08 Å². The van der Waals surface area contributed by atoms with Crippen LogP contribution in [-0.2, 0) is 4.18 Å². The van der Waals surface area contributed by atoms with E-state index in [0.717, 1.165) is 18.6 Å². The summed E-state index contributed by atoms with van der Waals surface area (Å²) in [4.78, 5) is 2.23. The molecule has 0 bridgehead atoms. The van der Waals surface area contributed by atoms with Gasteiger partial charge in [0.25, 0.3) is 0 Å². The standard InChI is InChI=1S/C6H13NOS/c1-7(2)6-3-5(6)4-8-9/h5-6,9H,3-4H2,1-2H3. The van der Waals surface area contributed by atoms with Crippen LogP contribution in [0.25, 0.3) is 0 Å². The summed E-state index contributed by atoms with van der Waals surface area (Å²) in [5.74, 6) is 0.734. The van der Waals surface area contributed by atoms with Gasteiger partial charge in [0.2, 0.25) is 0 Å². The summed E-state index contributed by atoms with van der Waals surface area (Å²) < 4.78 is 4.71. The zero-order valence-corrected chi connectivity index (χ0v) is 6.77. The van der Waals surface area contributed by atoms with Crippen LogP contribution in [0.3, 0.4) is 0 Å². The van der Waals surface area contributed by atoms with E-state index < -0.39 is 0 Å². The van der Waals surface area contributed by atoms with Crippen LogP contribution >= 0.6 is 12.9 Å². The second-order valence-corrected chi connectivity index (χ2v) is 3.08. The molecule has 54 valence electrons. The molecule has 1 rings (SSSR count). The van der Waals surface area contributed by atoms with E-state index in [-0.39, 0.29) is 0 Å². The van der Waals surface area contributed by atoms with Crippen LogP contribution in [0.2, 0.25) is 0 Å². The highest BCUT2D eigenvalue weighted by Gasteiger charge is 2.38. The van der Waals surface area contributed by atoms with Gasteiger partial charge >= 0.3 is 0 Å². The van der Waals surface area contributed by atoms with Crippen LogP contribution in [0, 0.1) is 5.92 Å². The van der Waals surface area contributed by atoms with E-state index in [1.54, 1.807) is 0 Å². The average Bonchev–Trinajstić information content (AvgIpc) is 2.47. The lowest BCUT2D eigenvalue weighted by Crippen LogP contribution is -2.16. The maximum Gasteiger partial charge on any atom is 0.0654 e. The van der Waals surface area contributed by atoms with Crippen molar-refractivity contribution in [2.24, 2.45) is 5.92 Å². The number of thiol groups is 1. The van der Waals surface area contributed by atoms with Crippen molar-refractivity contribution in [3.05, 3.63) is 0 Å². The molecule has 0 N–H and O–H groups in total. The third-order valence-electron chi connectivity index (χ3n) is 1.84. The van der Waals surface area contributed by atoms with Crippen molar-refractivity contribution >= 4 is 12.9 Å². The Morgan fingerprint density at radius 2 is 2.33 bits per heavy atom. The van der Waals surface area contributed by atoms with E-state index in [0.29, 0.717) is 0 Å². The van der Waals surface area contributed by atoms with Gasteiger partial charge in [0, 0.05) is 12.0 Å². The van der Waals surface area contributed by atoms with Gasteiger partial charge in [-0.25, -0.2) is 0 Å². The molecular weight excluding hydrogens is 134 g/mol. The summed E-state index contributed by atoms with van der Waals surface area (Å²) in [5, 5.41) is 0. The molecular formula is C6H13NOS. The third kappa shape index (κ3) is 1.85. The van der Waals surface area contributed by atoms with E-state index in [1.165, 1.54) is 6.42 Å². The Hall–Kier alpha value is 0.270. The lowest BCUT2D eigenvalue weighted by atomic mass is 10.4. The van der Waals surface area contributed by atoms with E-state index in [9.17, 15) is 0 Å². The molecule has 2 nitrogen and oxygen atoms in total. The molecule has 9 heavy (non-hydrogen) atoms. The first-order chi connectivity index (χ1) is 4.25. The van der Waals surface area contributed by atoms with Gasteiger partial charge in [0.05, 0.1) is 6.61 Å². The van der Waals surface area contributed by atoms with Crippen LogP contribution in [0.4, 0.5) is 0 Å². The van der Waals surface area contributed by atoms with Gasteiger partial charge in [0.1, 0.15) is 0 Å².